The fraction of sp³-hybridized carbons (Fsp3) is 0.357. The number of carboxylic acid groups (broad SMARTS) is 1. The lowest BCUT2D eigenvalue weighted by atomic mass is 10.1. The molecule has 0 bridgehead atoms. The van der Waals surface area contributed by atoms with Crippen molar-refractivity contribution >= 4 is 23.4 Å². The van der Waals surface area contributed by atoms with Crippen molar-refractivity contribution in [2.75, 3.05) is 0 Å². The van der Waals surface area contributed by atoms with Gasteiger partial charge in [0.1, 0.15) is 11.7 Å². The van der Waals surface area contributed by atoms with E-state index in [1.165, 1.54) is 22.2 Å². The number of thioether (sulfide) groups is 1. The lowest BCUT2D eigenvalue weighted by Crippen LogP contribution is -2.46. The lowest BCUT2D eigenvalue weighted by molar-refractivity contribution is -0.139. The minimum absolute atomic E-state index is 0.156. The highest BCUT2D eigenvalue weighted by molar-refractivity contribution is 7.99. The summed E-state index contributed by atoms with van der Waals surface area (Å²) < 4.78 is 0.803. The normalized spacial score (nSPS) is 13.3. The number of aromatic nitrogens is 2. The second-order valence-corrected chi connectivity index (χ2v) is 6.85. The maximum Gasteiger partial charge on any atom is 0.321 e. The molecule has 3 N–H and O–H groups in total. The number of hydrogen-bond donors (Lipinski definition) is 2. The van der Waals surface area contributed by atoms with Crippen molar-refractivity contribution in [3.63, 3.8) is 0 Å². The molecular formula is C14H17N3O3S. The maximum atomic E-state index is 12.0. The van der Waals surface area contributed by atoms with Crippen LogP contribution in [0.2, 0.25) is 0 Å². The zero-order valence-electron chi connectivity index (χ0n) is 11.8. The van der Waals surface area contributed by atoms with Gasteiger partial charge in [0.25, 0.3) is 5.56 Å². The molecule has 0 aliphatic rings. The summed E-state index contributed by atoms with van der Waals surface area (Å²) in [6.45, 7) is 3.54. The van der Waals surface area contributed by atoms with Crippen LogP contribution in [0, 0.1) is 0 Å². The molecule has 112 valence electrons. The second kappa shape index (κ2) is 5.87. The van der Waals surface area contributed by atoms with Gasteiger partial charge >= 0.3 is 5.97 Å². The molecule has 0 aromatic carbocycles. The molecule has 2 rings (SSSR count). The number of aliphatic carboxylic acids is 1. The first-order valence-corrected chi connectivity index (χ1v) is 7.39. The summed E-state index contributed by atoms with van der Waals surface area (Å²) in [6.07, 6.45) is 1.66. The number of carboxylic acids is 1. The highest BCUT2D eigenvalue weighted by Crippen LogP contribution is 2.30. The van der Waals surface area contributed by atoms with Gasteiger partial charge in [0, 0.05) is 22.8 Å². The van der Waals surface area contributed by atoms with Gasteiger partial charge in [-0.2, -0.15) is 0 Å². The molecule has 6 nitrogen and oxygen atoms in total. The third kappa shape index (κ3) is 3.43. The first-order valence-electron chi connectivity index (χ1n) is 6.41. The second-order valence-electron chi connectivity index (χ2n) is 5.22. The molecule has 2 aromatic rings. The van der Waals surface area contributed by atoms with Crippen molar-refractivity contribution in [3.05, 3.63) is 46.5 Å². The van der Waals surface area contributed by atoms with E-state index in [1.807, 2.05) is 6.07 Å². The molecule has 0 radical (unpaired) electrons. The van der Waals surface area contributed by atoms with Crippen LogP contribution in [0.5, 0.6) is 0 Å². The Morgan fingerprint density at radius 1 is 1.52 bits per heavy atom. The Morgan fingerprint density at radius 3 is 2.90 bits per heavy atom. The van der Waals surface area contributed by atoms with Crippen molar-refractivity contribution in [3.8, 4) is 0 Å². The van der Waals surface area contributed by atoms with E-state index in [-0.39, 0.29) is 5.56 Å². The summed E-state index contributed by atoms with van der Waals surface area (Å²) in [5.41, 5.74) is 6.70. The molecule has 0 spiro atoms. The largest absolute Gasteiger partial charge is 0.480 e. The molecule has 7 heteroatoms. The van der Waals surface area contributed by atoms with Crippen LogP contribution in [-0.2, 0) is 10.5 Å². The first-order chi connectivity index (χ1) is 9.81. The number of hydrogen-bond acceptors (Lipinski definition) is 5. The summed E-state index contributed by atoms with van der Waals surface area (Å²) in [4.78, 5) is 27.3. The van der Waals surface area contributed by atoms with Crippen LogP contribution in [0.15, 0.2) is 35.3 Å². The van der Waals surface area contributed by atoms with E-state index in [9.17, 15) is 9.59 Å². The van der Waals surface area contributed by atoms with Crippen molar-refractivity contribution in [1.29, 1.82) is 0 Å². The number of carbonyl (C=O) groups is 1. The maximum absolute atomic E-state index is 12.0. The molecule has 0 fully saturated rings. The fourth-order valence-electron chi connectivity index (χ4n) is 1.82. The smallest absolute Gasteiger partial charge is 0.321 e. The molecule has 0 saturated heterocycles. The quantitative estimate of drug-likeness (QED) is 0.859. The molecule has 21 heavy (non-hydrogen) atoms. The van der Waals surface area contributed by atoms with Crippen LogP contribution < -0.4 is 11.3 Å². The number of rotatable bonds is 5. The van der Waals surface area contributed by atoms with Gasteiger partial charge in [0.15, 0.2) is 0 Å². The van der Waals surface area contributed by atoms with Crippen molar-refractivity contribution < 1.29 is 9.90 Å². The Bertz CT molecular complexity index is 727. The van der Waals surface area contributed by atoms with E-state index < -0.39 is 16.8 Å². The first kappa shape index (κ1) is 15.5. The number of nitrogens with zero attached hydrogens (tertiary/aromatic N) is 2. The Hall–Kier alpha value is -1.86. The van der Waals surface area contributed by atoms with E-state index in [0.717, 1.165) is 0 Å². The van der Waals surface area contributed by atoms with Gasteiger partial charge in [-0.05, 0) is 26.0 Å². The summed E-state index contributed by atoms with van der Waals surface area (Å²) in [7, 11) is 0. The van der Waals surface area contributed by atoms with E-state index in [0.29, 0.717) is 17.1 Å². The standard InChI is InChI=1S/C14H17N3O3S/c1-14(2,12(15)13(19)20)21-8-9-7-11(18)17-6-4-3-5-10(17)16-9/h3-7,12H,8,15H2,1-2H3,(H,19,20)/t12-/m0/s1. The van der Waals surface area contributed by atoms with E-state index in [2.05, 4.69) is 4.98 Å². The summed E-state index contributed by atoms with van der Waals surface area (Å²) in [5, 5.41) is 8.99. The highest BCUT2D eigenvalue weighted by atomic mass is 32.2. The molecule has 1 atom stereocenters. The number of nitrogens with two attached hydrogens (primary N) is 1. The average Bonchev–Trinajstić information content (AvgIpc) is 2.44. The van der Waals surface area contributed by atoms with Crippen LogP contribution in [0.1, 0.15) is 19.5 Å². The van der Waals surface area contributed by atoms with Crippen LogP contribution in [0.4, 0.5) is 0 Å². The minimum Gasteiger partial charge on any atom is -0.480 e. The van der Waals surface area contributed by atoms with E-state index in [4.69, 9.17) is 10.8 Å². The molecule has 0 aliphatic heterocycles. The summed E-state index contributed by atoms with van der Waals surface area (Å²) >= 11 is 1.37. The van der Waals surface area contributed by atoms with Gasteiger partial charge < -0.3 is 10.8 Å². The van der Waals surface area contributed by atoms with E-state index in [1.54, 1.807) is 32.2 Å². The minimum atomic E-state index is -1.04. The van der Waals surface area contributed by atoms with Gasteiger partial charge in [0.05, 0.1) is 5.69 Å². The molecule has 0 unspecified atom stereocenters. The third-order valence-electron chi connectivity index (χ3n) is 3.23. The SMILES string of the molecule is CC(C)(SCc1cc(=O)n2ccccc2n1)[C@@H](N)C(=O)O. The van der Waals surface area contributed by atoms with Gasteiger partial charge in [-0.3, -0.25) is 14.0 Å². The molecule has 2 heterocycles. The van der Waals surface area contributed by atoms with Crippen molar-refractivity contribution in [1.82, 2.24) is 9.38 Å². The van der Waals surface area contributed by atoms with Crippen molar-refractivity contribution in [2.24, 2.45) is 5.73 Å². The van der Waals surface area contributed by atoms with Gasteiger partial charge in [0.2, 0.25) is 0 Å². The predicted molar refractivity (Wildman–Crippen MR) is 82.4 cm³/mol. The third-order valence-corrected chi connectivity index (χ3v) is 4.67. The Kier molecular flexibility index (Phi) is 4.34. The van der Waals surface area contributed by atoms with E-state index >= 15 is 0 Å². The molecular weight excluding hydrogens is 290 g/mol. The van der Waals surface area contributed by atoms with Gasteiger partial charge in [-0.1, -0.05) is 6.07 Å². The van der Waals surface area contributed by atoms with Crippen LogP contribution >= 0.6 is 11.8 Å². The fourth-order valence-corrected chi connectivity index (χ4v) is 2.77. The predicted octanol–water partition coefficient (Wildman–Crippen LogP) is 1.12. The average molecular weight is 307 g/mol. The van der Waals surface area contributed by atoms with Crippen LogP contribution in [-0.4, -0.2) is 31.2 Å². The summed E-state index contributed by atoms with van der Waals surface area (Å²) in [6, 6.07) is 5.80. The Labute approximate surface area is 126 Å². The van der Waals surface area contributed by atoms with Gasteiger partial charge in [-0.15, -0.1) is 11.8 Å². The molecule has 0 aliphatic carbocycles. The zero-order valence-corrected chi connectivity index (χ0v) is 12.6. The number of pyridine rings is 1. The molecule has 0 amide bonds. The summed E-state index contributed by atoms with van der Waals surface area (Å²) in [5.74, 6) is -0.617. The topological polar surface area (TPSA) is 97.7 Å². The number of fused-ring (bicyclic) bond motifs is 1. The highest BCUT2D eigenvalue weighted by Gasteiger charge is 2.32. The Morgan fingerprint density at radius 2 is 2.24 bits per heavy atom. The van der Waals surface area contributed by atoms with Crippen LogP contribution in [0.25, 0.3) is 5.65 Å². The van der Waals surface area contributed by atoms with Crippen molar-refractivity contribution in [2.45, 2.75) is 30.4 Å². The monoisotopic (exact) mass is 307 g/mol. The Balaban J connectivity index is 2.21. The van der Waals surface area contributed by atoms with Crippen LogP contribution in [0.3, 0.4) is 0 Å². The molecule has 0 saturated carbocycles. The van der Waals surface area contributed by atoms with Gasteiger partial charge in [-0.25, -0.2) is 4.98 Å². The lowest BCUT2D eigenvalue weighted by Gasteiger charge is -2.27. The molecule has 2 aromatic heterocycles. The zero-order chi connectivity index (χ0) is 15.6.